The van der Waals surface area contributed by atoms with Crippen LogP contribution in [0, 0.1) is 25.5 Å². The number of rotatable bonds is 6. The lowest BCUT2D eigenvalue weighted by atomic mass is 10.1. The third kappa shape index (κ3) is 4.78. The maximum atomic E-state index is 13.2. The summed E-state index contributed by atoms with van der Waals surface area (Å²) in [4.78, 5) is 6.49. The molecule has 0 fully saturated rings. The summed E-state index contributed by atoms with van der Waals surface area (Å²) >= 11 is 0. The number of nitrogens with one attached hydrogen (secondary N) is 1. The first-order valence-corrected chi connectivity index (χ1v) is 7.93. The van der Waals surface area contributed by atoms with E-state index in [1.54, 1.807) is 0 Å². The highest BCUT2D eigenvalue weighted by Gasteiger charge is 2.05. The highest BCUT2D eigenvalue weighted by atomic mass is 19.1. The van der Waals surface area contributed by atoms with Crippen molar-refractivity contribution in [3.05, 3.63) is 58.7 Å². The molecule has 0 spiro atoms. The topological polar surface area (TPSA) is 27.6 Å². The molecule has 0 bridgehead atoms. The van der Waals surface area contributed by atoms with Gasteiger partial charge in [0.1, 0.15) is 11.6 Å². The summed E-state index contributed by atoms with van der Waals surface area (Å²) in [6.45, 7) is 7.29. The van der Waals surface area contributed by atoms with Gasteiger partial charge in [0.2, 0.25) is 0 Å². The fourth-order valence-electron chi connectivity index (χ4n) is 2.28. The quantitative estimate of drug-likeness (QED) is 0.608. The monoisotopic (exact) mass is 331 g/mol. The van der Waals surface area contributed by atoms with Gasteiger partial charge in [0, 0.05) is 31.9 Å². The standard InChI is InChI=1S/C19H23F2N3/c1-5-24(4)12-23-19-7-13(2)18(6-14(19)3)22-11-15-8-16(20)10-17(21)9-15/h6-10,12,22H,5,11H2,1-4H3. The summed E-state index contributed by atoms with van der Waals surface area (Å²) in [7, 11) is 1.97. The summed E-state index contributed by atoms with van der Waals surface area (Å²) in [5.41, 5.74) is 4.48. The lowest BCUT2D eigenvalue weighted by molar-refractivity contribution is 0.552. The van der Waals surface area contributed by atoms with Crippen molar-refractivity contribution in [2.45, 2.75) is 27.3 Å². The van der Waals surface area contributed by atoms with Gasteiger partial charge in [-0.25, -0.2) is 13.8 Å². The first kappa shape index (κ1) is 17.9. The van der Waals surface area contributed by atoms with E-state index >= 15 is 0 Å². The van der Waals surface area contributed by atoms with Crippen LogP contribution in [0.15, 0.2) is 35.3 Å². The Balaban J connectivity index is 2.14. The molecule has 2 rings (SSSR count). The van der Waals surface area contributed by atoms with Crippen LogP contribution in [-0.4, -0.2) is 24.8 Å². The van der Waals surface area contributed by atoms with E-state index in [4.69, 9.17) is 0 Å². The molecular weight excluding hydrogens is 308 g/mol. The molecule has 0 amide bonds. The fraction of sp³-hybridized carbons (Fsp3) is 0.316. The SMILES string of the molecule is CCN(C)C=Nc1cc(C)c(NCc2cc(F)cc(F)c2)cc1C. The molecule has 2 aromatic rings. The predicted octanol–water partition coefficient (Wildman–Crippen LogP) is 4.81. The van der Waals surface area contributed by atoms with Crippen molar-refractivity contribution < 1.29 is 8.78 Å². The van der Waals surface area contributed by atoms with Crippen molar-refractivity contribution >= 4 is 17.7 Å². The molecule has 1 N–H and O–H groups in total. The van der Waals surface area contributed by atoms with Gasteiger partial charge in [-0.2, -0.15) is 0 Å². The summed E-state index contributed by atoms with van der Waals surface area (Å²) in [6, 6.07) is 7.54. The number of benzene rings is 2. The van der Waals surface area contributed by atoms with E-state index in [0.29, 0.717) is 12.1 Å². The zero-order valence-electron chi connectivity index (χ0n) is 14.5. The van der Waals surface area contributed by atoms with Crippen molar-refractivity contribution in [3.63, 3.8) is 0 Å². The van der Waals surface area contributed by atoms with E-state index in [-0.39, 0.29) is 0 Å². The van der Waals surface area contributed by atoms with Crippen molar-refractivity contribution in [3.8, 4) is 0 Å². The first-order valence-electron chi connectivity index (χ1n) is 7.93. The van der Waals surface area contributed by atoms with E-state index in [2.05, 4.69) is 17.2 Å². The average molecular weight is 331 g/mol. The van der Waals surface area contributed by atoms with Gasteiger partial charge in [-0.05, 0) is 61.7 Å². The lowest BCUT2D eigenvalue weighted by Crippen LogP contribution is -2.14. The molecule has 2 aromatic carbocycles. The first-order chi connectivity index (χ1) is 11.4. The summed E-state index contributed by atoms with van der Waals surface area (Å²) in [5.74, 6) is -1.13. The Labute approximate surface area is 142 Å². The third-order valence-electron chi connectivity index (χ3n) is 3.84. The number of aliphatic imine (C=N–C) groups is 1. The molecule has 0 aliphatic carbocycles. The van der Waals surface area contributed by atoms with Crippen LogP contribution in [0.25, 0.3) is 0 Å². The number of nitrogens with zero attached hydrogens (tertiary/aromatic N) is 2. The predicted molar refractivity (Wildman–Crippen MR) is 96.1 cm³/mol. The zero-order chi connectivity index (χ0) is 17.7. The second-order valence-corrected chi connectivity index (χ2v) is 5.90. The molecule has 0 atom stereocenters. The van der Waals surface area contributed by atoms with Gasteiger partial charge in [-0.1, -0.05) is 0 Å². The Morgan fingerprint density at radius 3 is 2.33 bits per heavy atom. The molecule has 5 heteroatoms. The molecule has 24 heavy (non-hydrogen) atoms. The molecule has 3 nitrogen and oxygen atoms in total. The maximum absolute atomic E-state index is 13.2. The molecule has 0 unspecified atom stereocenters. The molecule has 0 radical (unpaired) electrons. The van der Waals surface area contributed by atoms with Crippen LogP contribution in [0.2, 0.25) is 0 Å². The Kier molecular flexibility index (Phi) is 5.90. The largest absolute Gasteiger partial charge is 0.381 e. The van der Waals surface area contributed by atoms with Crippen LogP contribution in [-0.2, 0) is 6.54 Å². The lowest BCUT2D eigenvalue weighted by Gasteiger charge is -2.13. The van der Waals surface area contributed by atoms with E-state index in [0.717, 1.165) is 35.1 Å². The van der Waals surface area contributed by atoms with Crippen molar-refractivity contribution in [1.29, 1.82) is 0 Å². The second-order valence-electron chi connectivity index (χ2n) is 5.90. The van der Waals surface area contributed by atoms with Gasteiger partial charge in [0.25, 0.3) is 0 Å². The van der Waals surface area contributed by atoms with Gasteiger partial charge >= 0.3 is 0 Å². The minimum absolute atomic E-state index is 0.357. The van der Waals surface area contributed by atoms with Gasteiger partial charge in [-0.3, -0.25) is 0 Å². The number of halogens is 2. The van der Waals surface area contributed by atoms with Gasteiger partial charge in [-0.15, -0.1) is 0 Å². The molecule has 0 aliphatic rings. The summed E-state index contributed by atoms with van der Waals surface area (Å²) in [5, 5.41) is 3.23. The van der Waals surface area contributed by atoms with Gasteiger partial charge in [0.15, 0.2) is 0 Å². The van der Waals surface area contributed by atoms with Crippen molar-refractivity contribution in [2.75, 3.05) is 18.9 Å². The number of aryl methyl sites for hydroxylation is 2. The highest BCUT2D eigenvalue weighted by Crippen LogP contribution is 2.27. The van der Waals surface area contributed by atoms with Crippen LogP contribution >= 0.6 is 0 Å². The Hall–Kier alpha value is -2.43. The molecule has 0 aromatic heterocycles. The van der Waals surface area contributed by atoms with Crippen LogP contribution in [0.5, 0.6) is 0 Å². The normalized spacial score (nSPS) is 11.1. The van der Waals surface area contributed by atoms with Gasteiger partial charge in [0.05, 0.1) is 12.0 Å². The smallest absolute Gasteiger partial charge is 0.126 e. The number of hydrogen-bond donors (Lipinski definition) is 1. The van der Waals surface area contributed by atoms with E-state index in [1.165, 1.54) is 12.1 Å². The Morgan fingerprint density at radius 1 is 1.04 bits per heavy atom. The van der Waals surface area contributed by atoms with E-state index in [1.807, 2.05) is 44.3 Å². The van der Waals surface area contributed by atoms with Crippen LogP contribution in [0.3, 0.4) is 0 Å². The Bertz CT molecular complexity index is 721. The summed E-state index contributed by atoms with van der Waals surface area (Å²) < 4.78 is 26.5. The number of anilines is 1. The number of hydrogen-bond acceptors (Lipinski definition) is 2. The highest BCUT2D eigenvalue weighted by molar-refractivity contribution is 5.67. The van der Waals surface area contributed by atoms with E-state index < -0.39 is 11.6 Å². The average Bonchev–Trinajstić information content (AvgIpc) is 2.52. The second kappa shape index (κ2) is 7.90. The molecule has 0 saturated carbocycles. The van der Waals surface area contributed by atoms with Gasteiger partial charge < -0.3 is 10.2 Å². The minimum Gasteiger partial charge on any atom is -0.381 e. The third-order valence-corrected chi connectivity index (χ3v) is 3.84. The van der Waals surface area contributed by atoms with Crippen LogP contribution < -0.4 is 5.32 Å². The molecule has 0 heterocycles. The summed E-state index contributed by atoms with van der Waals surface area (Å²) in [6.07, 6.45) is 1.81. The molecule has 0 saturated heterocycles. The fourth-order valence-corrected chi connectivity index (χ4v) is 2.28. The molecule has 0 aliphatic heterocycles. The molecule has 128 valence electrons. The van der Waals surface area contributed by atoms with E-state index in [9.17, 15) is 8.78 Å². The van der Waals surface area contributed by atoms with Crippen molar-refractivity contribution in [1.82, 2.24) is 4.90 Å². The maximum Gasteiger partial charge on any atom is 0.126 e. The van der Waals surface area contributed by atoms with Crippen LogP contribution in [0.1, 0.15) is 23.6 Å². The Morgan fingerprint density at radius 2 is 1.71 bits per heavy atom. The zero-order valence-corrected chi connectivity index (χ0v) is 14.5. The minimum atomic E-state index is -0.565. The molecular formula is C19H23F2N3. The van der Waals surface area contributed by atoms with Crippen LogP contribution in [0.4, 0.5) is 20.2 Å². The van der Waals surface area contributed by atoms with Crippen molar-refractivity contribution in [2.24, 2.45) is 4.99 Å².